The minimum atomic E-state index is -0.676. The van der Waals surface area contributed by atoms with Gasteiger partial charge < -0.3 is 4.74 Å². The molecule has 8 nitrogen and oxygen atoms in total. The predicted octanol–water partition coefficient (Wildman–Crippen LogP) is 3.75. The molecule has 0 bridgehead atoms. The van der Waals surface area contributed by atoms with E-state index in [9.17, 15) is 14.4 Å². The number of ether oxygens (including phenoxy) is 1. The second-order valence-electron chi connectivity index (χ2n) is 7.26. The van der Waals surface area contributed by atoms with Gasteiger partial charge in [0.1, 0.15) is 11.3 Å². The molecule has 0 fully saturated rings. The van der Waals surface area contributed by atoms with Crippen molar-refractivity contribution in [2.75, 3.05) is 14.2 Å². The molecule has 1 aromatic carbocycles. The van der Waals surface area contributed by atoms with Crippen molar-refractivity contribution in [3.05, 3.63) is 52.1 Å². The molecule has 0 saturated carbocycles. The van der Waals surface area contributed by atoms with Crippen LogP contribution >= 0.6 is 11.3 Å². The highest BCUT2D eigenvalue weighted by atomic mass is 32.1. The lowest BCUT2D eigenvalue weighted by atomic mass is 10.1. The molecule has 0 N–H and O–H groups in total. The van der Waals surface area contributed by atoms with E-state index in [1.165, 1.54) is 30.3 Å². The van der Waals surface area contributed by atoms with Gasteiger partial charge in [0.2, 0.25) is 5.78 Å². The highest BCUT2D eigenvalue weighted by Gasteiger charge is 2.25. The van der Waals surface area contributed by atoms with Crippen molar-refractivity contribution in [1.82, 2.24) is 14.6 Å². The largest absolute Gasteiger partial charge is 0.443 e. The molecule has 0 saturated heterocycles. The number of amides is 1. The second kappa shape index (κ2) is 7.76. The van der Waals surface area contributed by atoms with Gasteiger partial charge in [-0.25, -0.2) is 14.8 Å². The average Bonchev–Trinajstić information content (AvgIpc) is 3.30. The van der Waals surface area contributed by atoms with E-state index in [2.05, 4.69) is 4.98 Å². The number of hydroxylamine groups is 2. The van der Waals surface area contributed by atoms with Crippen LogP contribution < -0.4 is 0 Å². The highest BCUT2D eigenvalue weighted by Crippen LogP contribution is 2.26. The van der Waals surface area contributed by atoms with Crippen LogP contribution in [0.3, 0.4) is 0 Å². The van der Waals surface area contributed by atoms with Gasteiger partial charge in [-0.1, -0.05) is 18.2 Å². The molecule has 9 heteroatoms. The molecule has 3 rings (SSSR count). The lowest BCUT2D eigenvalue weighted by molar-refractivity contribution is -0.0760. The molecular weight excluding hydrogens is 394 g/mol. The number of hydrogen-bond donors (Lipinski definition) is 0. The molecule has 1 amide bonds. The van der Waals surface area contributed by atoms with Gasteiger partial charge in [-0.05, 0) is 26.8 Å². The summed E-state index contributed by atoms with van der Waals surface area (Å²) in [4.78, 5) is 46.8. The van der Waals surface area contributed by atoms with Gasteiger partial charge in [0.15, 0.2) is 5.01 Å². The Labute approximate surface area is 171 Å². The molecular formula is C20H21N3O5S. The molecule has 29 heavy (non-hydrogen) atoms. The first-order valence-corrected chi connectivity index (χ1v) is 9.66. The number of benzene rings is 1. The zero-order valence-corrected chi connectivity index (χ0v) is 17.6. The minimum Gasteiger partial charge on any atom is -0.443 e. The first kappa shape index (κ1) is 20.7. The Morgan fingerprint density at radius 2 is 1.86 bits per heavy atom. The van der Waals surface area contributed by atoms with Crippen molar-refractivity contribution < 1.29 is 24.0 Å². The number of nitrogens with zero attached hydrogens (tertiary/aromatic N) is 3. The summed E-state index contributed by atoms with van der Waals surface area (Å²) < 4.78 is 6.75. The number of fused-ring (bicyclic) bond motifs is 1. The number of thiazole rings is 1. The summed E-state index contributed by atoms with van der Waals surface area (Å²) in [6.45, 7) is 5.31. The Hall–Kier alpha value is -3.04. The molecule has 0 aliphatic heterocycles. The maximum absolute atomic E-state index is 13.1. The van der Waals surface area contributed by atoms with Crippen molar-refractivity contribution in [3.63, 3.8) is 0 Å². The topological polar surface area (TPSA) is 90.7 Å². The van der Waals surface area contributed by atoms with E-state index in [-0.39, 0.29) is 16.5 Å². The summed E-state index contributed by atoms with van der Waals surface area (Å²) in [7, 11) is 2.82. The van der Waals surface area contributed by atoms with Crippen molar-refractivity contribution in [2.24, 2.45) is 0 Å². The number of aromatic nitrogens is 2. The maximum Gasteiger partial charge on any atom is 0.419 e. The summed E-state index contributed by atoms with van der Waals surface area (Å²) in [5.74, 6) is -0.841. The van der Waals surface area contributed by atoms with Gasteiger partial charge in [-0.3, -0.25) is 19.0 Å². The van der Waals surface area contributed by atoms with Crippen LogP contribution in [-0.2, 0) is 9.57 Å². The molecule has 152 valence electrons. The van der Waals surface area contributed by atoms with Crippen LogP contribution in [0.1, 0.15) is 46.6 Å². The molecule has 0 atom stereocenters. The summed E-state index contributed by atoms with van der Waals surface area (Å²) in [5, 5.41) is 3.26. The van der Waals surface area contributed by atoms with E-state index in [4.69, 9.17) is 9.57 Å². The standard InChI is InChI=1S/C20H21N3O5S/c1-20(2,3)28-19(26)23-10-13(12-8-6-7-9-15(12)23)16(24)17-21-14(11-29-17)18(25)22(4)27-5/h6-11H,1-5H3. The lowest BCUT2D eigenvalue weighted by Gasteiger charge is -2.19. The first-order valence-electron chi connectivity index (χ1n) is 8.78. The number of carbonyl (C=O) groups excluding carboxylic acids is 3. The van der Waals surface area contributed by atoms with E-state index in [1.807, 2.05) is 0 Å². The van der Waals surface area contributed by atoms with Crippen LogP contribution in [0.25, 0.3) is 10.9 Å². The predicted molar refractivity (Wildman–Crippen MR) is 108 cm³/mol. The monoisotopic (exact) mass is 415 g/mol. The third-order valence-corrected chi connectivity index (χ3v) is 4.87. The smallest absolute Gasteiger partial charge is 0.419 e. The summed E-state index contributed by atoms with van der Waals surface area (Å²) >= 11 is 1.06. The van der Waals surface area contributed by atoms with Crippen molar-refractivity contribution in [1.29, 1.82) is 0 Å². The third-order valence-electron chi connectivity index (χ3n) is 4.02. The minimum absolute atomic E-state index is 0.110. The maximum atomic E-state index is 13.1. The molecule has 3 aromatic rings. The fourth-order valence-electron chi connectivity index (χ4n) is 2.66. The van der Waals surface area contributed by atoms with Crippen molar-refractivity contribution >= 4 is 40.0 Å². The lowest BCUT2D eigenvalue weighted by Crippen LogP contribution is -2.26. The summed E-state index contributed by atoms with van der Waals surface area (Å²) in [5.41, 5.74) is 0.292. The average molecular weight is 415 g/mol. The summed E-state index contributed by atoms with van der Waals surface area (Å²) in [6, 6.07) is 7.04. The van der Waals surface area contributed by atoms with Crippen LogP contribution in [0.2, 0.25) is 0 Å². The van der Waals surface area contributed by atoms with Crippen LogP contribution in [-0.4, -0.2) is 52.2 Å². The second-order valence-corrected chi connectivity index (χ2v) is 8.12. The van der Waals surface area contributed by atoms with Crippen molar-refractivity contribution in [2.45, 2.75) is 26.4 Å². The zero-order valence-electron chi connectivity index (χ0n) is 16.8. The van der Waals surface area contributed by atoms with Crippen molar-refractivity contribution in [3.8, 4) is 0 Å². The number of carbonyl (C=O) groups is 3. The zero-order chi connectivity index (χ0) is 21.3. The normalized spacial score (nSPS) is 11.5. The molecule has 0 unspecified atom stereocenters. The van der Waals surface area contributed by atoms with Gasteiger partial charge in [0.05, 0.1) is 18.2 Å². The van der Waals surface area contributed by atoms with Gasteiger partial charge in [-0.2, -0.15) is 0 Å². The first-order chi connectivity index (χ1) is 13.6. The van der Waals surface area contributed by atoms with Gasteiger partial charge >= 0.3 is 6.09 Å². The van der Waals surface area contributed by atoms with Gasteiger partial charge in [0, 0.05) is 24.0 Å². The molecule has 0 spiro atoms. The van der Waals surface area contributed by atoms with Gasteiger partial charge in [0.25, 0.3) is 5.91 Å². The van der Waals surface area contributed by atoms with E-state index < -0.39 is 17.6 Å². The van der Waals surface area contributed by atoms with E-state index in [1.54, 1.807) is 45.0 Å². The molecule has 2 aromatic heterocycles. The SMILES string of the molecule is CON(C)C(=O)c1csc(C(=O)c2cn(C(=O)OC(C)(C)C)c3ccccc23)n1. The number of ketones is 1. The highest BCUT2D eigenvalue weighted by molar-refractivity contribution is 7.12. The van der Waals surface area contributed by atoms with Gasteiger partial charge in [-0.15, -0.1) is 11.3 Å². The number of para-hydroxylation sites is 1. The van der Waals surface area contributed by atoms with E-state index in [0.29, 0.717) is 16.5 Å². The molecule has 2 heterocycles. The Balaban J connectivity index is 2.00. The summed E-state index contributed by atoms with van der Waals surface area (Å²) in [6.07, 6.45) is 0.870. The molecule has 0 radical (unpaired) electrons. The van der Waals surface area contributed by atoms with Crippen LogP contribution in [0, 0.1) is 0 Å². The Kier molecular flexibility index (Phi) is 5.54. The Morgan fingerprint density at radius 1 is 1.17 bits per heavy atom. The molecule has 0 aliphatic carbocycles. The fraction of sp³-hybridized carbons (Fsp3) is 0.300. The van der Waals surface area contributed by atoms with E-state index >= 15 is 0 Å². The Morgan fingerprint density at radius 3 is 2.52 bits per heavy atom. The fourth-order valence-corrected chi connectivity index (χ4v) is 3.40. The van der Waals surface area contributed by atoms with Crippen LogP contribution in [0.15, 0.2) is 35.8 Å². The van der Waals surface area contributed by atoms with Crippen LogP contribution in [0.5, 0.6) is 0 Å². The Bertz CT molecular complexity index is 1090. The van der Waals surface area contributed by atoms with E-state index in [0.717, 1.165) is 16.4 Å². The molecule has 0 aliphatic rings. The third kappa shape index (κ3) is 4.20. The van der Waals surface area contributed by atoms with Crippen LogP contribution in [0.4, 0.5) is 4.79 Å². The quantitative estimate of drug-likeness (QED) is 0.476. The number of hydrogen-bond acceptors (Lipinski definition) is 7. The number of rotatable bonds is 4.